The highest BCUT2D eigenvalue weighted by Crippen LogP contribution is 2.34. The molecule has 1 atom stereocenters. The topological polar surface area (TPSA) is 111 Å². The minimum atomic E-state index is -4.73. The van der Waals surface area contributed by atoms with E-state index in [9.17, 15) is 32.9 Å². The van der Waals surface area contributed by atoms with Crippen molar-refractivity contribution in [3.63, 3.8) is 0 Å². The van der Waals surface area contributed by atoms with Gasteiger partial charge in [0.2, 0.25) is 0 Å². The fourth-order valence-electron chi connectivity index (χ4n) is 2.86. The summed E-state index contributed by atoms with van der Waals surface area (Å²) in [5.74, 6) is -1.32. The first-order valence-electron chi connectivity index (χ1n) is 8.67. The largest absolute Gasteiger partial charge is 0.451 e. The van der Waals surface area contributed by atoms with Crippen LogP contribution in [0.15, 0.2) is 18.2 Å². The Labute approximate surface area is 158 Å². The number of benzene rings is 1. The average Bonchev–Trinajstić information content (AvgIpc) is 3.11. The van der Waals surface area contributed by atoms with E-state index in [1.54, 1.807) is 0 Å². The molecule has 2 rings (SSSR count). The summed E-state index contributed by atoms with van der Waals surface area (Å²) >= 11 is 0. The SMILES string of the molecule is C[C@H](OC(=O)CNc1ccc(C(F)(F)F)cc1[N+](=O)[O-])C(=O)NC1CCCC1. The van der Waals surface area contributed by atoms with Crippen LogP contribution < -0.4 is 10.6 Å². The Kier molecular flexibility index (Phi) is 6.81. The van der Waals surface area contributed by atoms with Gasteiger partial charge in [0.1, 0.15) is 12.2 Å². The fraction of sp³-hybridized carbons (Fsp3) is 0.529. The van der Waals surface area contributed by atoms with Gasteiger partial charge >= 0.3 is 12.1 Å². The molecule has 8 nitrogen and oxygen atoms in total. The summed E-state index contributed by atoms with van der Waals surface area (Å²) in [6.07, 6.45) is -2.01. The highest BCUT2D eigenvalue weighted by Gasteiger charge is 2.33. The van der Waals surface area contributed by atoms with Gasteiger partial charge in [-0.15, -0.1) is 0 Å². The molecule has 0 unspecified atom stereocenters. The molecular weight excluding hydrogens is 383 g/mol. The summed E-state index contributed by atoms with van der Waals surface area (Å²) in [4.78, 5) is 33.9. The molecule has 1 aromatic rings. The molecule has 0 saturated heterocycles. The summed E-state index contributed by atoms with van der Waals surface area (Å²) in [5, 5.41) is 16.2. The summed E-state index contributed by atoms with van der Waals surface area (Å²) in [6, 6.07) is 1.97. The molecule has 0 aliphatic heterocycles. The van der Waals surface area contributed by atoms with Gasteiger partial charge in [0.25, 0.3) is 11.6 Å². The van der Waals surface area contributed by atoms with Crippen molar-refractivity contribution in [3.05, 3.63) is 33.9 Å². The van der Waals surface area contributed by atoms with E-state index in [0.717, 1.165) is 31.7 Å². The third kappa shape index (κ3) is 5.83. The molecule has 1 aliphatic carbocycles. The molecule has 1 aliphatic rings. The maximum Gasteiger partial charge on any atom is 0.416 e. The van der Waals surface area contributed by atoms with Crippen molar-refractivity contribution in [2.75, 3.05) is 11.9 Å². The van der Waals surface area contributed by atoms with Gasteiger partial charge in [-0.3, -0.25) is 19.7 Å². The zero-order valence-corrected chi connectivity index (χ0v) is 15.0. The Bertz CT molecular complexity index is 748. The minimum Gasteiger partial charge on any atom is -0.451 e. The van der Waals surface area contributed by atoms with E-state index in [2.05, 4.69) is 10.6 Å². The molecule has 0 aromatic heterocycles. The number of alkyl halides is 3. The number of ether oxygens (including phenoxy) is 1. The predicted molar refractivity (Wildman–Crippen MR) is 92.5 cm³/mol. The summed E-state index contributed by atoms with van der Waals surface area (Å²) in [7, 11) is 0. The van der Waals surface area contributed by atoms with Gasteiger partial charge in [-0.1, -0.05) is 12.8 Å². The zero-order chi connectivity index (χ0) is 20.9. The van der Waals surface area contributed by atoms with Crippen molar-refractivity contribution in [1.29, 1.82) is 0 Å². The van der Waals surface area contributed by atoms with Crippen LogP contribution in [0, 0.1) is 10.1 Å². The Balaban J connectivity index is 1.92. The first kappa shape index (κ1) is 21.5. The Morgan fingerprint density at radius 2 is 1.96 bits per heavy atom. The van der Waals surface area contributed by atoms with Crippen LogP contribution in [0.25, 0.3) is 0 Å². The lowest BCUT2D eigenvalue weighted by atomic mass is 10.1. The highest BCUT2D eigenvalue weighted by molar-refractivity contribution is 5.85. The number of amides is 1. The van der Waals surface area contributed by atoms with E-state index in [-0.39, 0.29) is 11.7 Å². The predicted octanol–water partition coefficient (Wildman–Crippen LogP) is 3.02. The van der Waals surface area contributed by atoms with Crippen molar-refractivity contribution in [2.45, 2.75) is 50.9 Å². The van der Waals surface area contributed by atoms with Gasteiger partial charge in [-0.25, -0.2) is 0 Å². The molecule has 1 aromatic carbocycles. The monoisotopic (exact) mass is 403 g/mol. The average molecular weight is 403 g/mol. The van der Waals surface area contributed by atoms with E-state index in [1.807, 2.05) is 0 Å². The smallest absolute Gasteiger partial charge is 0.416 e. The van der Waals surface area contributed by atoms with Crippen LogP contribution in [0.1, 0.15) is 38.2 Å². The van der Waals surface area contributed by atoms with Crippen molar-refractivity contribution in [2.24, 2.45) is 0 Å². The van der Waals surface area contributed by atoms with Gasteiger partial charge in [0.15, 0.2) is 6.10 Å². The number of rotatable bonds is 7. The number of nitro groups is 1. The minimum absolute atomic E-state index is 0.0570. The number of hydrogen-bond acceptors (Lipinski definition) is 6. The van der Waals surface area contributed by atoms with E-state index < -0.39 is 46.9 Å². The lowest BCUT2D eigenvalue weighted by Gasteiger charge is -2.17. The maximum absolute atomic E-state index is 12.7. The number of hydrogen-bond donors (Lipinski definition) is 2. The summed E-state index contributed by atoms with van der Waals surface area (Å²) in [5.41, 5.74) is -2.27. The molecule has 0 heterocycles. The zero-order valence-electron chi connectivity index (χ0n) is 15.0. The van der Waals surface area contributed by atoms with E-state index >= 15 is 0 Å². The van der Waals surface area contributed by atoms with Crippen molar-refractivity contribution in [1.82, 2.24) is 5.32 Å². The second kappa shape index (κ2) is 8.89. The number of carbonyl (C=O) groups excluding carboxylic acids is 2. The van der Waals surface area contributed by atoms with Gasteiger partial charge in [-0.2, -0.15) is 13.2 Å². The number of esters is 1. The Morgan fingerprint density at radius 3 is 2.54 bits per heavy atom. The number of carbonyl (C=O) groups is 2. The van der Waals surface area contributed by atoms with Gasteiger partial charge in [-0.05, 0) is 31.9 Å². The van der Waals surface area contributed by atoms with Gasteiger partial charge in [0.05, 0.1) is 10.5 Å². The van der Waals surface area contributed by atoms with Crippen LogP contribution in [-0.4, -0.2) is 35.5 Å². The van der Waals surface area contributed by atoms with E-state index in [1.165, 1.54) is 6.92 Å². The standard InChI is InChI=1S/C17H20F3N3O5/c1-10(16(25)22-12-4-2-3-5-12)28-15(24)9-21-13-7-6-11(17(18,19)20)8-14(13)23(26)27/h6-8,10,12,21H,2-5,9H2,1H3,(H,22,25)/t10-/m0/s1. The maximum atomic E-state index is 12.7. The van der Waals surface area contributed by atoms with Gasteiger partial charge < -0.3 is 15.4 Å². The highest BCUT2D eigenvalue weighted by atomic mass is 19.4. The third-order valence-electron chi connectivity index (χ3n) is 4.32. The molecule has 0 spiro atoms. The molecule has 1 fully saturated rings. The second-order valence-corrected chi connectivity index (χ2v) is 6.46. The van der Waals surface area contributed by atoms with E-state index in [0.29, 0.717) is 12.1 Å². The molecule has 0 radical (unpaired) electrons. The van der Waals surface area contributed by atoms with Crippen molar-refractivity contribution in [3.8, 4) is 0 Å². The van der Waals surface area contributed by atoms with Crippen LogP contribution in [0.5, 0.6) is 0 Å². The van der Waals surface area contributed by atoms with E-state index in [4.69, 9.17) is 4.74 Å². The quantitative estimate of drug-likeness (QED) is 0.411. The first-order valence-corrected chi connectivity index (χ1v) is 8.67. The van der Waals surface area contributed by atoms with Crippen molar-refractivity contribution >= 4 is 23.3 Å². The van der Waals surface area contributed by atoms with Crippen LogP contribution in [0.2, 0.25) is 0 Å². The number of halogens is 3. The molecule has 2 N–H and O–H groups in total. The number of nitro benzene ring substituents is 1. The van der Waals surface area contributed by atoms with Crippen LogP contribution >= 0.6 is 0 Å². The first-order chi connectivity index (χ1) is 13.1. The van der Waals surface area contributed by atoms with Gasteiger partial charge in [0, 0.05) is 12.1 Å². The van der Waals surface area contributed by atoms with Crippen LogP contribution in [0.3, 0.4) is 0 Å². The molecule has 11 heteroatoms. The number of nitrogens with zero attached hydrogens (tertiary/aromatic N) is 1. The number of anilines is 1. The molecule has 0 bridgehead atoms. The number of nitrogens with one attached hydrogen (secondary N) is 2. The third-order valence-corrected chi connectivity index (χ3v) is 4.32. The molecule has 154 valence electrons. The second-order valence-electron chi connectivity index (χ2n) is 6.46. The van der Waals surface area contributed by atoms with Crippen LogP contribution in [-0.2, 0) is 20.5 Å². The lowest BCUT2D eigenvalue weighted by molar-refractivity contribution is -0.384. The molecule has 1 saturated carbocycles. The summed E-state index contributed by atoms with van der Waals surface area (Å²) < 4.78 is 43.0. The molecular formula is C17H20F3N3O5. The van der Waals surface area contributed by atoms with Crippen LogP contribution in [0.4, 0.5) is 24.5 Å². The lowest BCUT2D eigenvalue weighted by Crippen LogP contribution is -2.41. The Hall–Kier alpha value is -2.85. The molecule has 28 heavy (non-hydrogen) atoms. The van der Waals surface area contributed by atoms with Crippen molar-refractivity contribution < 1.29 is 32.4 Å². The summed E-state index contributed by atoms with van der Waals surface area (Å²) in [6.45, 7) is 0.843. The molecule has 1 amide bonds. The fourth-order valence-corrected chi connectivity index (χ4v) is 2.86. The normalized spacial score (nSPS) is 15.7. The Morgan fingerprint density at radius 1 is 1.32 bits per heavy atom.